The van der Waals surface area contributed by atoms with Crippen LogP contribution in [0, 0.1) is 0 Å². The van der Waals surface area contributed by atoms with Crippen LogP contribution in [0.25, 0.3) is 0 Å². The van der Waals surface area contributed by atoms with Crippen molar-refractivity contribution in [2.45, 2.75) is 32.7 Å². The molecule has 1 saturated heterocycles. The normalized spacial score (nSPS) is 19.5. The van der Waals surface area contributed by atoms with Crippen molar-refractivity contribution in [3.63, 3.8) is 0 Å². The molecule has 0 aliphatic carbocycles. The van der Waals surface area contributed by atoms with Crippen molar-refractivity contribution in [2.24, 2.45) is 0 Å². The van der Waals surface area contributed by atoms with E-state index in [1.807, 2.05) is 4.90 Å². The molecule has 2 amide bonds. The van der Waals surface area contributed by atoms with E-state index in [4.69, 9.17) is 0 Å². The first-order valence-electron chi connectivity index (χ1n) is 5.89. The quantitative estimate of drug-likeness (QED) is 0.679. The van der Waals surface area contributed by atoms with Crippen molar-refractivity contribution in [1.29, 1.82) is 0 Å². The van der Waals surface area contributed by atoms with Gasteiger partial charge < -0.3 is 15.5 Å². The summed E-state index contributed by atoms with van der Waals surface area (Å²) < 4.78 is 0. The smallest absolute Gasteiger partial charge is 0.242 e. The Morgan fingerprint density at radius 2 is 2.25 bits per heavy atom. The summed E-state index contributed by atoms with van der Waals surface area (Å²) in [5.74, 6) is -0.139. The fourth-order valence-electron chi connectivity index (χ4n) is 1.96. The summed E-state index contributed by atoms with van der Waals surface area (Å²) in [5, 5.41) is 5.81. The minimum Gasteiger partial charge on any atom is -0.347 e. The topological polar surface area (TPSA) is 61.4 Å². The highest BCUT2D eigenvalue weighted by molar-refractivity contribution is 5.83. The van der Waals surface area contributed by atoms with Gasteiger partial charge in [-0.1, -0.05) is 6.92 Å². The highest BCUT2D eigenvalue weighted by atomic mass is 16.2. The minimum absolute atomic E-state index is 0.0192. The van der Waals surface area contributed by atoms with E-state index in [-0.39, 0.29) is 18.4 Å². The van der Waals surface area contributed by atoms with E-state index < -0.39 is 0 Å². The summed E-state index contributed by atoms with van der Waals surface area (Å²) in [5.41, 5.74) is 0. The summed E-state index contributed by atoms with van der Waals surface area (Å²) >= 11 is 0. The Kier molecular flexibility index (Phi) is 5.25. The van der Waals surface area contributed by atoms with Gasteiger partial charge in [-0.3, -0.25) is 9.59 Å². The molecule has 92 valence electrons. The molecule has 2 N–H and O–H groups in total. The maximum Gasteiger partial charge on any atom is 0.242 e. The van der Waals surface area contributed by atoms with Gasteiger partial charge in [-0.05, 0) is 19.4 Å². The SMILES string of the molecule is CCCN(C(=O)CNC(C)=O)C1CCNC1. The Balaban J connectivity index is 2.47. The first-order chi connectivity index (χ1) is 7.65. The lowest BCUT2D eigenvalue weighted by atomic mass is 10.2. The standard InChI is InChI=1S/C11H21N3O2/c1-3-6-14(10-4-5-12-7-10)11(16)8-13-9(2)15/h10,12H,3-8H2,1-2H3,(H,13,15). The molecule has 5 heteroatoms. The van der Waals surface area contributed by atoms with Gasteiger partial charge in [-0.25, -0.2) is 0 Å². The first kappa shape index (κ1) is 13.0. The molecule has 1 aliphatic heterocycles. The number of rotatable bonds is 5. The van der Waals surface area contributed by atoms with Crippen LogP contribution in [-0.4, -0.2) is 48.9 Å². The van der Waals surface area contributed by atoms with Crippen LogP contribution < -0.4 is 10.6 Å². The van der Waals surface area contributed by atoms with Gasteiger partial charge in [-0.15, -0.1) is 0 Å². The number of nitrogens with zero attached hydrogens (tertiary/aromatic N) is 1. The fraction of sp³-hybridized carbons (Fsp3) is 0.818. The Morgan fingerprint density at radius 3 is 2.75 bits per heavy atom. The van der Waals surface area contributed by atoms with Crippen LogP contribution in [-0.2, 0) is 9.59 Å². The number of hydrogen-bond donors (Lipinski definition) is 2. The molecule has 0 bridgehead atoms. The second-order valence-electron chi connectivity index (χ2n) is 4.14. The molecule has 5 nitrogen and oxygen atoms in total. The average molecular weight is 227 g/mol. The molecule has 0 aromatic rings. The summed E-state index contributed by atoms with van der Waals surface area (Å²) in [6.45, 7) is 6.20. The maximum atomic E-state index is 11.9. The minimum atomic E-state index is -0.158. The van der Waals surface area contributed by atoms with Crippen LogP contribution in [0.4, 0.5) is 0 Å². The Bertz CT molecular complexity index is 250. The lowest BCUT2D eigenvalue weighted by Gasteiger charge is -2.28. The second-order valence-corrected chi connectivity index (χ2v) is 4.14. The predicted octanol–water partition coefficient (Wildman–Crippen LogP) is -0.277. The van der Waals surface area contributed by atoms with E-state index in [0.29, 0.717) is 6.04 Å². The van der Waals surface area contributed by atoms with E-state index in [9.17, 15) is 9.59 Å². The molecular weight excluding hydrogens is 206 g/mol. The largest absolute Gasteiger partial charge is 0.347 e. The molecule has 0 spiro atoms. The van der Waals surface area contributed by atoms with Gasteiger partial charge in [0.05, 0.1) is 6.54 Å². The van der Waals surface area contributed by atoms with Crippen molar-refractivity contribution in [1.82, 2.24) is 15.5 Å². The monoisotopic (exact) mass is 227 g/mol. The van der Waals surface area contributed by atoms with Crippen LogP contribution in [0.3, 0.4) is 0 Å². The predicted molar refractivity (Wildman–Crippen MR) is 62.0 cm³/mol. The molecule has 1 unspecified atom stereocenters. The van der Waals surface area contributed by atoms with Crippen molar-refractivity contribution in [3.05, 3.63) is 0 Å². The Labute approximate surface area is 96.6 Å². The van der Waals surface area contributed by atoms with Crippen LogP contribution in [0.2, 0.25) is 0 Å². The molecule has 16 heavy (non-hydrogen) atoms. The molecular formula is C11H21N3O2. The van der Waals surface area contributed by atoms with Crippen LogP contribution in [0.1, 0.15) is 26.7 Å². The van der Waals surface area contributed by atoms with Gasteiger partial charge in [0, 0.05) is 26.1 Å². The van der Waals surface area contributed by atoms with Gasteiger partial charge in [0.1, 0.15) is 0 Å². The van der Waals surface area contributed by atoms with Gasteiger partial charge in [0.15, 0.2) is 0 Å². The summed E-state index contributed by atoms with van der Waals surface area (Å²) in [4.78, 5) is 24.5. The van der Waals surface area contributed by atoms with E-state index in [1.54, 1.807) is 0 Å². The maximum absolute atomic E-state index is 11.9. The van der Waals surface area contributed by atoms with Crippen molar-refractivity contribution in [2.75, 3.05) is 26.2 Å². The Morgan fingerprint density at radius 1 is 1.50 bits per heavy atom. The van der Waals surface area contributed by atoms with Crippen LogP contribution >= 0.6 is 0 Å². The third kappa shape index (κ3) is 3.81. The molecule has 0 saturated carbocycles. The van der Waals surface area contributed by atoms with Crippen molar-refractivity contribution in [3.8, 4) is 0 Å². The lowest BCUT2D eigenvalue weighted by Crippen LogP contribution is -2.46. The van der Waals surface area contributed by atoms with Crippen LogP contribution in [0.5, 0.6) is 0 Å². The zero-order chi connectivity index (χ0) is 12.0. The molecule has 1 aliphatic rings. The summed E-state index contributed by atoms with van der Waals surface area (Å²) in [6, 6.07) is 0.293. The third-order valence-corrected chi connectivity index (χ3v) is 2.75. The fourth-order valence-corrected chi connectivity index (χ4v) is 1.96. The van der Waals surface area contributed by atoms with E-state index in [0.717, 1.165) is 32.5 Å². The highest BCUT2D eigenvalue weighted by Gasteiger charge is 2.25. The molecule has 1 fully saturated rings. The number of carbonyl (C=O) groups excluding carboxylic acids is 2. The molecule has 0 aromatic heterocycles. The summed E-state index contributed by atoms with van der Waals surface area (Å²) in [7, 11) is 0. The Hall–Kier alpha value is -1.10. The third-order valence-electron chi connectivity index (χ3n) is 2.75. The molecule has 0 aromatic carbocycles. The molecule has 1 heterocycles. The molecule has 1 rings (SSSR count). The van der Waals surface area contributed by atoms with E-state index in [1.165, 1.54) is 6.92 Å². The van der Waals surface area contributed by atoms with Gasteiger partial charge in [-0.2, -0.15) is 0 Å². The zero-order valence-electron chi connectivity index (χ0n) is 10.1. The van der Waals surface area contributed by atoms with Crippen molar-refractivity contribution >= 4 is 11.8 Å². The number of nitrogens with one attached hydrogen (secondary N) is 2. The van der Waals surface area contributed by atoms with E-state index >= 15 is 0 Å². The molecule has 0 radical (unpaired) electrons. The van der Waals surface area contributed by atoms with E-state index in [2.05, 4.69) is 17.6 Å². The zero-order valence-corrected chi connectivity index (χ0v) is 10.1. The second kappa shape index (κ2) is 6.48. The highest BCUT2D eigenvalue weighted by Crippen LogP contribution is 2.09. The summed E-state index contributed by atoms with van der Waals surface area (Å²) in [6.07, 6.45) is 1.95. The number of carbonyl (C=O) groups is 2. The first-order valence-corrected chi connectivity index (χ1v) is 5.89. The van der Waals surface area contributed by atoms with Crippen molar-refractivity contribution < 1.29 is 9.59 Å². The number of hydrogen-bond acceptors (Lipinski definition) is 3. The van der Waals surface area contributed by atoms with Gasteiger partial charge >= 0.3 is 0 Å². The van der Waals surface area contributed by atoms with Gasteiger partial charge in [0.25, 0.3) is 0 Å². The molecule has 1 atom stereocenters. The number of amides is 2. The van der Waals surface area contributed by atoms with Gasteiger partial charge in [0.2, 0.25) is 11.8 Å². The average Bonchev–Trinajstić information content (AvgIpc) is 2.75. The lowest BCUT2D eigenvalue weighted by molar-refractivity contribution is -0.134. The van der Waals surface area contributed by atoms with Crippen LogP contribution in [0.15, 0.2) is 0 Å².